The molecular weight excluding hydrogens is 320 g/mol. The van der Waals surface area contributed by atoms with Gasteiger partial charge in [0.25, 0.3) is 0 Å². The zero-order valence-corrected chi connectivity index (χ0v) is 16.0. The molecule has 1 amide bonds. The molecule has 0 atom stereocenters. The number of amides is 1. The summed E-state index contributed by atoms with van der Waals surface area (Å²) in [7, 11) is 5.24. The number of ether oxygens (including phenoxy) is 3. The molecule has 0 radical (unpaired) electrons. The lowest BCUT2D eigenvalue weighted by atomic mass is 10.2. The third kappa shape index (κ3) is 8.74. The van der Waals surface area contributed by atoms with Gasteiger partial charge in [0.05, 0.1) is 20.3 Å². The molecule has 0 saturated carbocycles. The van der Waals surface area contributed by atoms with Crippen LogP contribution in [0.4, 0.5) is 0 Å². The van der Waals surface area contributed by atoms with Crippen molar-refractivity contribution in [1.82, 2.24) is 10.2 Å². The molecule has 1 aromatic carbocycles. The number of unbranched alkanes of at least 4 members (excludes halogenated alkanes) is 1. The smallest absolute Gasteiger partial charge is 0.234 e. The largest absolute Gasteiger partial charge is 0.493 e. The Bertz CT molecular complexity index is 508. The predicted molar refractivity (Wildman–Crippen MR) is 99.2 cm³/mol. The second-order valence-corrected chi connectivity index (χ2v) is 6.05. The average Bonchev–Trinajstić information content (AvgIpc) is 2.61. The quantitative estimate of drug-likeness (QED) is 0.553. The standard InChI is InChI=1S/C19H32N2O4/c1-5-6-12-25-17-9-8-16(13-18(17)24-4)14-20-19(22)15-21(2)10-7-11-23-3/h8-9,13H,5-7,10-12,14-15H2,1-4H3,(H,20,22). The van der Waals surface area contributed by atoms with E-state index in [9.17, 15) is 4.79 Å². The van der Waals surface area contributed by atoms with Crippen LogP contribution in [-0.2, 0) is 16.1 Å². The maximum absolute atomic E-state index is 12.0. The van der Waals surface area contributed by atoms with Crippen LogP contribution < -0.4 is 14.8 Å². The number of benzene rings is 1. The Morgan fingerprint density at radius 2 is 1.96 bits per heavy atom. The van der Waals surface area contributed by atoms with Crippen molar-refractivity contribution in [2.24, 2.45) is 0 Å². The summed E-state index contributed by atoms with van der Waals surface area (Å²) in [5.41, 5.74) is 0.982. The SMILES string of the molecule is CCCCOc1ccc(CNC(=O)CN(C)CCCOC)cc1OC. The number of rotatable bonds is 13. The first-order chi connectivity index (χ1) is 12.1. The molecule has 0 aliphatic carbocycles. The van der Waals surface area contributed by atoms with Gasteiger partial charge in [-0.05, 0) is 37.6 Å². The highest BCUT2D eigenvalue weighted by molar-refractivity contribution is 5.78. The summed E-state index contributed by atoms with van der Waals surface area (Å²) in [4.78, 5) is 14.0. The number of carbonyl (C=O) groups is 1. The molecule has 1 aromatic rings. The van der Waals surface area contributed by atoms with Crippen molar-refractivity contribution in [1.29, 1.82) is 0 Å². The number of carbonyl (C=O) groups excluding carboxylic acids is 1. The molecule has 142 valence electrons. The molecule has 0 aliphatic rings. The second-order valence-electron chi connectivity index (χ2n) is 6.05. The van der Waals surface area contributed by atoms with Gasteiger partial charge >= 0.3 is 0 Å². The topological polar surface area (TPSA) is 60.0 Å². The predicted octanol–water partition coefficient (Wildman–Crippen LogP) is 2.46. The maximum Gasteiger partial charge on any atom is 0.234 e. The minimum absolute atomic E-state index is 0.00200. The third-order valence-corrected chi connectivity index (χ3v) is 3.77. The van der Waals surface area contributed by atoms with Crippen LogP contribution in [0.2, 0.25) is 0 Å². The first-order valence-electron chi connectivity index (χ1n) is 8.84. The Hall–Kier alpha value is -1.79. The van der Waals surface area contributed by atoms with E-state index in [0.717, 1.165) is 37.1 Å². The van der Waals surface area contributed by atoms with Crippen LogP contribution in [0, 0.1) is 0 Å². The van der Waals surface area contributed by atoms with Gasteiger partial charge < -0.3 is 19.5 Å². The summed E-state index contributed by atoms with van der Waals surface area (Å²) in [5.74, 6) is 1.44. The van der Waals surface area contributed by atoms with E-state index in [0.29, 0.717) is 32.1 Å². The lowest BCUT2D eigenvalue weighted by Crippen LogP contribution is -2.35. The van der Waals surface area contributed by atoms with Crippen molar-refractivity contribution in [3.8, 4) is 11.5 Å². The lowest BCUT2D eigenvalue weighted by Gasteiger charge is -2.16. The monoisotopic (exact) mass is 352 g/mol. The number of hydrogen-bond donors (Lipinski definition) is 1. The van der Waals surface area contributed by atoms with Crippen molar-refractivity contribution >= 4 is 5.91 Å². The number of methoxy groups -OCH3 is 2. The van der Waals surface area contributed by atoms with Crippen molar-refractivity contribution in [3.63, 3.8) is 0 Å². The van der Waals surface area contributed by atoms with E-state index in [2.05, 4.69) is 12.2 Å². The Morgan fingerprint density at radius 3 is 2.64 bits per heavy atom. The minimum atomic E-state index is 0.00200. The van der Waals surface area contributed by atoms with E-state index in [4.69, 9.17) is 14.2 Å². The maximum atomic E-state index is 12.0. The third-order valence-electron chi connectivity index (χ3n) is 3.77. The van der Waals surface area contributed by atoms with Crippen LogP contribution in [0.3, 0.4) is 0 Å². The van der Waals surface area contributed by atoms with Crippen LogP contribution in [-0.4, -0.2) is 58.4 Å². The van der Waals surface area contributed by atoms with Gasteiger partial charge in [0, 0.05) is 26.8 Å². The molecule has 0 heterocycles. The van der Waals surface area contributed by atoms with E-state index < -0.39 is 0 Å². The summed E-state index contributed by atoms with van der Waals surface area (Å²) < 4.78 is 16.1. The molecule has 0 unspecified atom stereocenters. The highest BCUT2D eigenvalue weighted by atomic mass is 16.5. The number of nitrogens with zero attached hydrogens (tertiary/aromatic N) is 1. The lowest BCUT2D eigenvalue weighted by molar-refractivity contribution is -0.122. The molecule has 1 N–H and O–H groups in total. The Kier molecular flexibility index (Phi) is 10.7. The number of hydrogen-bond acceptors (Lipinski definition) is 5. The van der Waals surface area contributed by atoms with Gasteiger partial charge in [0.2, 0.25) is 5.91 Å². The minimum Gasteiger partial charge on any atom is -0.493 e. The first kappa shape index (κ1) is 21.3. The summed E-state index contributed by atoms with van der Waals surface area (Å²) in [5, 5.41) is 2.94. The van der Waals surface area contributed by atoms with E-state index >= 15 is 0 Å². The van der Waals surface area contributed by atoms with E-state index in [1.54, 1.807) is 14.2 Å². The van der Waals surface area contributed by atoms with E-state index in [1.807, 2.05) is 30.1 Å². The first-order valence-corrected chi connectivity index (χ1v) is 8.84. The molecule has 0 aliphatic heterocycles. The van der Waals surface area contributed by atoms with Gasteiger partial charge in [0.1, 0.15) is 0 Å². The fourth-order valence-electron chi connectivity index (χ4n) is 2.33. The van der Waals surface area contributed by atoms with Gasteiger partial charge in [0.15, 0.2) is 11.5 Å². The molecule has 1 rings (SSSR count). The summed E-state index contributed by atoms with van der Waals surface area (Å²) in [6, 6.07) is 5.75. The molecule has 0 saturated heterocycles. The molecular formula is C19H32N2O4. The van der Waals surface area contributed by atoms with Gasteiger partial charge in [-0.15, -0.1) is 0 Å². The Morgan fingerprint density at radius 1 is 1.16 bits per heavy atom. The van der Waals surface area contributed by atoms with E-state index in [1.165, 1.54) is 0 Å². The second kappa shape index (κ2) is 12.6. The number of nitrogens with one attached hydrogen (secondary N) is 1. The van der Waals surface area contributed by atoms with Crippen LogP contribution in [0.15, 0.2) is 18.2 Å². The summed E-state index contributed by atoms with van der Waals surface area (Å²) >= 11 is 0. The highest BCUT2D eigenvalue weighted by Crippen LogP contribution is 2.28. The molecule has 6 heteroatoms. The average molecular weight is 352 g/mol. The molecule has 25 heavy (non-hydrogen) atoms. The van der Waals surface area contributed by atoms with Gasteiger partial charge in [-0.3, -0.25) is 9.69 Å². The van der Waals surface area contributed by atoms with Gasteiger partial charge in [-0.25, -0.2) is 0 Å². The van der Waals surface area contributed by atoms with E-state index in [-0.39, 0.29) is 5.91 Å². The van der Waals surface area contributed by atoms with Crippen molar-refractivity contribution in [2.45, 2.75) is 32.7 Å². The van der Waals surface area contributed by atoms with Crippen molar-refractivity contribution in [2.75, 3.05) is 47.6 Å². The van der Waals surface area contributed by atoms with Crippen LogP contribution in [0.25, 0.3) is 0 Å². The van der Waals surface area contributed by atoms with Gasteiger partial charge in [-0.1, -0.05) is 19.4 Å². The summed E-state index contributed by atoms with van der Waals surface area (Å²) in [6.07, 6.45) is 3.02. The Labute approximate surface area is 151 Å². The van der Waals surface area contributed by atoms with Crippen LogP contribution in [0.5, 0.6) is 11.5 Å². The zero-order chi connectivity index (χ0) is 18.5. The molecule has 0 aromatic heterocycles. The van der Waals surface area contributed by atoms with Crippen LogP contribution >= 0.6 is 0 Å². The zero-order valence-electron chi connectivity index (χ0n) is 16.0. The van der Waals surface area contributed by atoms with Crippen molar-refractivity contribution < 1.29 is 19.0 Å². The number of likely N-dealkylation sites (N-methyl/N-ethyl adjacent to an activating group) is 1. The van der Waals surface area contributed by atoms with Gasteiger partial charge in [-0.2, -0.15) is 0 Å². The Balaban J connectivity index is 2.44. The normalized spacial score (nSPS) is 10.8. The summed E-state index contributed by atoms with van der Waals surface area (Å²) in [6.45, 7) is 5.19. The highest BCUT2D eigenvalue weighted by Gasteiger charge is 2.09. The molecule has 0 bridgehead atoms. The van der Waals surface area contributed by atoms with Crippen molar-refractivity contribution in [3.05, 3.63) is 23.8 Å². The molecule has 0 spiro atoms. The molecule has 6 nitrogen and oxygen atoms in total. The fourth-order valence-corrected chi connectivity index (χ4v) is 2.33. The molecule has 0 fully saturated rings. The fraction of sp³-hybridized carbons (Fsp3) is 0.632. The van der Waals surface area contributed by atoms with Crippen LogP contribution in [0.1, 0.15) is 31.7 Å².